The molecule has 0 bridgehead atoms. The fraction of sp³-hybridized carbons (Fsp3) is 1.00. The predicted molar refractivity (Wildman–Crippen MR) is 194 cm³/mol. The monoisotopic (exact) mass is 602 g/mol. The van der Waals surface area contributed by atoms with Crippen molar-refractivity contribution in [1.29, 1.82) is 0 Å². The summed E-state index contributed by atoms with van der Waals surface area (Å²) in [5, 5.41) is 4.21. The van der Waals surface area contributed by atoms with Crippen LogP contribution in [-0.4, -0.2) is 12.6 Å². The SMILES string of the molecule is CCCCC1C(C)CCC(C(C)C(C)NCC2C(CCC(CC(CC)C(C)C)C(C)C)C2(C)CC)C1C(C)C(CC)CC. The molecule has 0 aromatic heterocycles. The van der Waals surface area contributed by atoms with Crippen LogP contribution < -0.4 is 5.32 Å². The zero-order chi connectivity index (χ0) is 32.5. The number of hydrogen-bond acceptors (Lipinski definition) is 1. The van der Waals surface area contributed by atoms with E-state index < -0.39 is 0 Å². The van der Waals surface area contributed by atoms with Crippen molar-refractivity contribution in [3.63, 3.8) is 0 Å². The van der Waals surface area contributed by atoms with Crippen molar-refractivity contribution in [2.24, 2.45) is 82.3 Å². The summed E-state index contributed by atoms with van der Waals surface area (Å²) in [6.45, 7) is 36.4. The lowest BCUT2D eigenvalue weighted by atomic mass is 9.56. The van der Waals surface area contributed by atoms with Crippen LogP contribution in [0.25, 0.3) is 0 Å². The molecule has 12 unspecified atom stereocenters. The lowest BCUT2D eigenvalue weighted by Crippen LogP contribution is -2.47. The second-order valence-electron chi connectivity index (χ2n) is 17.4. The summed E-state index contributed by atoms with van der Waals surface area (Å²) >= 11 is 0. The van der Waals surface area contributed by atoms with Crippen LogP contribution in [0, 0.1) is 82.3 Å². The Morgan fingerprint density at radius 1 is 0.721 bits per heavy atom. The molecule has 0 aromatic rings. The van der Waals surface area contributed by atoms with Gasteiger partial charge in [-0.05, 0) is 128 Å². The third kappa shape index (κ3) is 9.97. The van der Waals surface area contributed by atoms with Gasteiger partial charge in [0.1, 0.15) is 0 Å². The first-order valence-corrected chi connectivity index (χ1v) is 20.1. The van der Waals surface area contributed by atoms with E-state index >= 15 is 0 Å². The van der Waals surface area contributed by atoms with Gasteiger partial charge in [-0.15, -0.1) is 0 Å². The van der Waals surface area contributed by atoms with Gasteiger partial charge in [-0.3, -0.25) is 0 Å². The maximum atomic E-state index is 4.21. The second-order valence-corrected chi connectivity index (χ2v) is 17.4. The highest BCUT2D eigenvalue weighted by Gasteiger charge is 2.58. The Kier molecular flexibility index (Phi) is 16.7. The highest BCUT2D eigenvalue weighted by Crippen LogP contribution is 2.63. The van der Waals surface area contributed by atoms with E-state index in [9.17, 15) is 0 Å². The van der Waals surface area contributed by atoms with Crippen LogP contribution in [-0.2, 0) is 0 Å². The van der Waals surface area contributed by atoms with Gasteiger partial charge in [-0.1, -0.05) is 135 Å². The molecule has 43 heavy (non-hydrogen) atoms. The molecule has 1 N–H and O–H groups in total. The van der Waals surface area contributed by atoms with Gasteiger partial charge in [0.15, 0.2) is 0 Å². The van der Waals surface area contributed by atoms with E-state index in [0.29, 0.717) is 11.5 Å². The average molecular weight is 602 g/mol. The fourth-order valence-corrected chi connectivity index (χ4v) is 10.7. The summed E-state index contributed by atoms with van der Waals surface area (Å²) in [7, 11) is 0. The van der Waals surface area contributed by atoms with Crippen LogP contribution in [0.3, 0.4) is 0 Å². The maximum absolute atomic E-state index is 4.21. The quantitative estimate of drug-likeness (QED) is 0.138. The average Bonchev–Trinajstić information content (AvgIpc) is 3.56. The Morgan fingerprint density at radius 3 is 1.84 bits per heavy atom. The topological polar surface area (TPSA) is 12.0 Å². The smallest absolute Gasteiger partial charge is 0.00672 e. The van der Waals surface area contributed by atoms with Crippen molar-refractivity contribution in [3.8, 4) is 0 Å². The third-order valence-corrected chi connectivity index (χ3v) is 14.8. The molecule has 0 heterocycles. The lowest BCUT2D eigenvalue weighted by molar-refractivity contribution is -0.00658. The van der Waals surface area contributed by atoms with E-state index in [1.807, 2.05) is 0 Å². The van der Waals surface area contributed by atoms with E-state index in [2.05, 4.69) is 102 Å². The second kappa shape index (κ2) is 18.3. The lowest BCUT2D eigenvalue weighted by Gasteiger charge is -2.50. The van der Waals surface area contributed by atoms with Gasteiger partial charge in [-0.25, -0.2) is 0 Å². The standard InChI is InChI=1S/C42H83N/c1-15-20-21-37-30(10)22-24-38(41(37)32(12)34(16-2)17-3)31(11)33(13)43-27-40-39(42(40,14)19-5)25-23-36(29(8)9)26-35(18-4)28(6)7/h28-41,43H,15-27H2,1-14H3. The molecular weight excluding hydrogens is 518 g/mol. The molecule has 1 heteroatoms. The molecule has 256 valence electrons. The highest BCUT2D eigenvalue weighted by molar-refractivity contribution is 5.08. The number of hydrogen-bond donors (Lipinski definition) is 1. The van der Waals surface area contributed by atoms with Gasteiger partial charge in [0.2, 0.25) is 0 Å². The number of rotatable bonds is 21. The molecule has 2 aliphatic rings. The van der Waals surface area contributed by atoms with Crippen LogP contribution in [0.1, 0.15) is 174 Å². The molecule has 0 radical (unpaired) electrons. The molecule has 1 nitrogen and oxygen atoms in total. The molecule has 2 aliphatic carbocycles. The van der Waals surface area contributed by atoms with Gasteiger partial charge < -0.3 is 5.32 Å². The predicted octanol–water partition coefficient (Wildman–Crippen LogP) is 12.9. The molecular formula is C42H83N. The molecule has 2 fully saturated rings. The van der Waals surface area contributed by atoms with Gasteiger partial charge in [0.25, 0.3) is 0 Å². The molecule has 0 saturated heterocycles. The first-order valence-electron chi connectivity index (χ1n) is 20.1. The minimum atomic E-state index is 0.553. The normalized spacial score (nSPS) is 33.1. The summed E-state index contributed by atoms with van der Waals surface area (Å²) in [6, 6.07) is 0.615. The largest absolute Gasteiger partial charge is 0.314 e. The van der Waals surface area contributed by atoms with Crippen molar-refractivity contribution in [2.45, 2.75) is 180 Å². The highest BCUT2D eigenvalue weighted by atomic mass is 14.9. The molecule has 0 spiro atoms. The maximum Gasteiger partial charge on any atom is 0.00672 e. The van der Waals surface area contributed by atoms with Crippen molar-refractivity contribution in [3.05, 3.63) is 0 Å². The van der Waals surface area contributed by atoms with Crippen molar-refractivity contribution in [2.75, 3.05) is 6.54 Å². The first kappa shape index (κ1) is 39.1. The van der Waals surface area contributed by atoms with E-state index in [1.54, 1.807) is 0 Å². The van der Waals surface area contributed by atoms with Crippen molar-refractivity contribution in [1.82, 2.24) is 5.32 Å². The first-order chi connectivity index (χ1) is 20.3. The molecule has 2 saturated carbocycles. The molecule has 12 atom stereocenters. The Labute approximate surface area is 273 Å². The zero-order valence-electron chi connectivity index (χ0n) is 32.3. The minimum Gasteiger partial charge on any atom is -0.314 e. The Bertz CT molecular complexity index is 737. The van der Waals surface area contributed by atoms with E-state index in [1.165, 1.54) is 83.6 Å². The van der Waals surface area contributed by atoms with Crippen LogP contribution in [0.2, 0.25) is 0 Å². The summed E-state index contributed by atoms with van der Waals surface area (Å²) in [5.41, 5.74) is 0.553. The van der Waals surface area contributed by atoms with Gasteiger partial charge in [0, 0.05) is 6.04 Å². The summed E-state index contributed by atoms with van der Waals surface area (Å²) < 4.78 is 0. The summed E-state index contributed by atoms with van der Waals surface area (Å²) in [4.78, 5) is 0. The number of nitrogens with one attached hydrogen (secondary N) is 1. The molecule has 0 aromatic carbocycles. The minimum absolute atomic E-state index is 0.553. The van der Waals surface area contributed by atoms with Crippen molar-refractivity contribution >= 4 is 0 Å². The van der Waals surface area contributed by atoms with Crippen LogP contribution in [0.5, 0.6) is 0 Å². The van der Waals surface area contributed by atoms with Gasteiger partial charge in [0.05, 0.1) is 0 Å². The molecule has 0 amide bonds. The van der Waals surface area contributed by atoms with Crippen LogP contribution in [0.4, 0.5) is 0 Å². The van der Waals surface area contributed by atoms with E-state index in [0.717, 1.165) is 76.9 Å². The fourth-order valence-electron chi connectivity index (χ4n) is 10.7. The zero-order valence-corrected chi connectivity index (χ0v) is 32.3. The van der Waals surface area contributed by atoms with E-state index in [4.69, 9.17) is 0 Å². The van der Waals surface area contributed by atoms with Crippen molar-refractivity contribution < 1.29 is 0 Å². The summed E-state index contributed by atoms with van der Waals surface area (Å²) in [6.07, 6.45) is 16.9. The van der Waals surface area contributed by atoms with Crippen LogP contribution >= 0.6 is 0 Å². The van der Waals surface area contributed by atoms with Gasteiger partial charge >= 0.3 is 0 Å². The number of unbranched alkanes of at least 4 members (excludes halogenated alkanes) is 1. The third-order valence-electron chi connectivity index (χ3n) is 14.8. The van der Waals surface area contributed by atoms with Crippen LogP contribution in [0.15, 0.2) is 0 Å². The molecule has 2 rings (SSSR count). The Balaban J connectivity index is 2.08. The molecule has 0 aliphatic heterocycles. The Morgan fingerprint density at radius 2 is 1.33 bits per heavy atom. The Hall–Kier alpha value is -0.0400. The summed E-state index contributed by atoms with van der Waals surface area (Å²) in [5.74, 6) is 11.3. The van der Waals surface area contributed by atoms with Gasteiger partial charge in [-0.2, -0.15) is 0 Å². The van der Waals surface area contributed by atoms with E-state index in [-0.39, 0.29) is 0 Å².